The minimum atomic E-state index is -3.39. The van der Waals surface area contributed by atoms with E-state index in [0.29, 0.717) is 17.4 Å². The lowest BCUT2D eigenvalue weighted by Gasteiger charge is -2.14. The van der Waals surface area contributed by atoms with Crippen LogP contribution >= 0.6 is 0 Å². The van der Waals surface area contributed by atoms with Gasteiger partial charge in [0.1, 0.15) is 0 Å². The summed E-state index contributed by atoms with van der Waals surface area (Å²) in [5.74, 6) is 0.538. The average molecular weight is 296 g/mol. The minimum Gasteiger partial charge on any atom is -0.385 e. The predicted molar refractivity (Wildman–Crippen MR) is 82.6 cm³/mol. The normalized spacial score (nSPS) is 15.3. The predicted octanol–water partition coefficient (Wildman–Crippen LogP) is 2.81. The SMILES string of the molecule is CCCNc1cc(C)c(S(=O)(=O)NCC2CC2)c(C)c1. The van der Waals surface area contributed by atoms with Gasteiger partial charge in [-0.2, -0.15) is 0 Å². The second-order valence-corrected chi connectivity index (χ2v) is 7.37. The quantitative estimate of drug-likeness (QED) is 0.813. The van der Waals surface area contributed by atoms with E-state index in [4.69, 9.17) is 0 Å². The van der Waals surface area contributed by atoms with E-state index in [1.54, 1.807) is 0 Å². The third-order valence-corrected chi connectivity index (χ3v) is 5.30. The highest BCUT2D eigenvalue weighted by Crippen LogP contribution is 2.29. The molecule has 1 aliphatic carbocycles. The summed E-state index contributed by atoms with van der Waals surface area (Å²) < 4.78 is 27.5. The Balaban J connectivity index is 2.21. The van der Waals surface area contributed by atoms with Crippen LogP contribution in [0.1, 0.15) is 37.3 Å². The zero-order chi connectivity index (χ0) is 14.8. The molecule has 0 heterocycles. The molecule has 0 saturated heterocycles. The molecule has 1 aromatic carbocycles. The first kappa shape index (κ1) is 15.3. The first-order valence-electron chi connectivity index (χ1n) is 7.29. The van der Waals surface area contributed by atoms with Crippen molar-refractivity contribution >= 4 is 15.7 Å². The fraction of sp³-hybridized carbons (Fsp3) is 0.600. The van der Waals surface area contributed by atoms with Gasteiger partial charge in [0.05, 0.1) is 4.90 Å². The van der Waals surface area contributed by atoms with E-state index >= 15 is 0 Å². The number of anilines is 1. The van der Waals surface area contributed by atoms with Crippen molar-refractivity contribution in [1.29, 1.82) is 0 Å². The molecule has 1 aliphatic rings. The maximum absolute atomic E-state index is 12.4. The van der Waals surface area contributed by atoms with Gasteiger partial charge >= 0.3 is 0 Å². The van der Waals surface area contributed by atoms with Crippen LogP contribution in [0, 0.1) is 19.8 Å². The van der Waals surface area contributed by atoms with Gasteiger partial charge in [0.2, 0.25) is 10.0 Å². The van der Waals surface area contributed by atoms with Gasteiger partial charge in [-0.1, -0.05) is 6.92 Å². The van der Waals surface area contributed by atoms with Gasteiger partial charge in [-0.3, -0.25) is 0 Å². The second-order valence-electron chi connectivity index (χ2n) is 5.66. The largest absolute Gasteiger partial charge is 0.385 e. The summed E-state index contributed by atoms with van der Waals surface area (Å²) in [5, 5.41) is 3.30. The molecule has 1 saturated carbocycles. The van der Waals surface area contributed by atoms with Crippen molar-refractivity contribution in [3.63, 3.8) is 0 Å². The fourth-order valence-electron chi connectivity index (χ4n) is 2.37. The van der Waals surface area contributed by atoms with E-state index in [0.717, 1.165) is 42.6 Å². The van der Waals surface area contributed by atoms with Crippen LogP contribution in [0.4, 0.5) is 5.69 Å². The van der Waals surface area contributed by atoms with Gasteiger partial charge in [0, 0.05) is 18.8 Å². The third-order valence-electron chi connectivity index (χ3n) is 3.57. The first-order chi connectivity index (χ1) is 9.44. The van der Waals surface area contributed by atoms with E-state index in [-0.39, 0.29) is 0 Å². The molecule has 20 heavy (non-hydrogen) atoms. The number of sulfonamides is 1. The van der Waals surface area contributed by atoms with Gasteiger partial charge in [-0.15, -0.1) is 0 Å². The van der Waals surface area contributed by atoms with Gasteiger partial charge in [-0.25, -0.2) is 13.1 Å². The third kappa shape index (κ3) is 3.73. The lowest BCUT2D eigenvalue weighted by molar-refractivity contribution is 0.576. The Labute approximate surface area is 122 Å². The summed E-state index contributed by atoms with van der Waals surface area (Å²) in [4.78, 5) is 0.431. The Morgan fingerprint density at radius 2 is 1.80 bits per heavy atom. The molecule has 1 aromatic rings. The molecule has 0 radical (unpaired) electrons. The van der Waals surface area contributed by atoms with E-state index in [2.05, 4.69) is 17.0 Å². The fourth-order valence-corrected chi connectivity index (χ4v) is 3.93. The molecule has 0 unspecified atom stereocenters. The molecule has 0 spiro atoms. The maximum atomic E-state index is 12.4. The molecule has 1 fully saturated rings. The molecule has 0 aromatic heterocycles. The zero-order valence-electron chi connectivity index (χ0n) is 12.5. The molecule has 112 valence electrons. The molecular formula is C15H24N2O2S. The lowest BCUT2D eigenvalue weighted by atomic mass is 10.1. The maximum Gasteiger partial charge on any atom is 0.241 e. The van der Waals surface area contributed by atoms with Crippen LogP contribution in [-0.4, -0.2) is 21.5 Å². The molecule has 2 N–H and O–H groups in total. The molecule has 0 aliphatic heterocycles. The molecule has 5 heteroatoms. The van der Waals surface area contributed by atoms with Crippen molar-refractivity contribution in [2.45, 2.75) is 44.9 Å². The highest BCUT2D eigenvalue weighted by atomic mass is 32.2. The topological polar surface area (TPSA) is 58.2 Å². The molecule has 0 atom stereocenters. The van der Waals surface area contributed by atoms with E-state index < -0.39 is 10.0 Å². The van der Waals surface area contributed by atoms with Crippen molar-refractivity contribution < 1.29 is 8.42 Å². The number of benzene rings is 1. The first-order valence-corrected chi connectivity index (χ1v) is 8.77. The van der Waals surface area contributed by atoms with Gasteiger partial charge in [-0.05, 0) is 62.3 Å². The standard InChI is InChI=1S/C15H24N2O2S/c1-4-7-16-14-8-11(2)15(12(3)9-14)20(18,19)17-10-13-5-6-13/h8-9,13,16-17H,4-7,10H2,1-3H3. The van der Waals surface area contributed by atoms with Crippen molar-refractivity contribution in [2.75, 3.05) is 18.4 Å². The van der Waals surface area contributed by atoms with Crippen molar-refractivity contribution in [2.24, 2.45) is 5.92 Å². The minimum absolute atomic E-state index is 0.431. The number of nitrogens with one attached hydrogen (secondary N) is 2. The molecule has 2 rings (SSSR count). The Bertz CT molecular complexity index is 555. The van der Waals surface area contributed by atoms with Crippen LogP contribution in [-0.2, 0) is 10.0 Å². The Kier molecular flexibility index (Phi) is 4.70. The average Bonchev–Trinajstić information content (AvgIpc) is 3.17. The second kappa shape index (κ2) is 6.14. The Hall–Kier alpha value is -1.07. The number of aryl methyl sites for hydroxylation is 2. The van der Waals surface area contributed by atoms with E-state index in [9.17, 15) is 8.42 Å². The van der Waals surface area contributed by atoms with Gasteiger partial charge in [0.15, 0.2) is 0 Å². The van der Waals surface area contributed by atoms with Crippen molar-refractivity contribution in [3.8, 4) is 0 Å². The lowest BCUT2D eigenvalue weighted by Crippen LogP contribution is -2.27. The van der Waals surface area contributed by atoms with Crippen molar-refractivity contribution in [1.82, 2.24) is 4.72 Å². The van der Waals surface area contributed by atoms with Crippen LogP contribution in [0.15, 0.2) is 17.0 Å². The smallest absolute Gasteiger partial charge is 0.241 e. The van der Waals surface area contributed by atoms with Crippen LogP contribution in [0.5, 0.6) is 0 Å². The van der Waals surface area contributed by atoms with Crippen LogP contribution < -0.4 is 10.0 Å². The number of hydrogen-bond acceptors (Lipinski definition) is 3. The van der Waals surface area contributed by atoms with Crippen LogP contribution in [0.25, 0.3) is 0 Å². The summed E-state index contributed by atoms with van der Waals surface area (Å²) in [6.07, 6.45) is 3.32. The van der Waals surface area contributed by atoms with Crippen LogP contribution in [0.3, 0.4) is 0 Å². The van der Waals surface area contributed by atoms with Gasteiger partial charge < -0.3 is 5.32 Å². The summed E-state index contributed by atoms with van der Waals surface area (Å²) in [5.41, 5.74) is 2.58. The molecule has 0 amide bonds. The Morgan fingerprint density at radius 1 is 1.20 bits per heavy atom. The summed E-state index contributed by atoms with van der Waals surface area (Å²) in [6, 6.07) is 3.82. The van der Waals surface area contributed by atoms with E-state index in [1.807, 2.05) is 26.0 Å². The molecule has 0 bridgehead atoms. The van der Waals surface area contributed by atoms with E-state index in [1.165, 1.54) is 0 Å². The monoisotopic (exact) mass is 296 g/mol. The van der Waals surface area contributed by atoms with Crippen LogP contribution in [0.2, 0.25) is 0 Å². The molecular weight excluding hydrogens is 272 g/mol. The summed E-state index contributed by atoms with van der Waals surface area (Å²) >= 11 is 0. The molecule has 4 nitrogen and oxygen atoms in total. The summed E-state index contributed by atoms with van der Waals surface area (Å²) in [7, 11) is -3.39. The zero-order valence-corrected chi connectivity index (χ0v) is 13.3. The highest BCUT2D eigenvalue weighted by Gasteiger charge is 2.26. The number of hydrogen-bond donors (Lipinski definition) is 2. The summed E-state index contributed by atoms with van der Waals surface area (Å²) in [6.45, 7) is 7.28. The Morgan fingerprint density at radius 3 is 2.30 bits per heavy atom. The van der Waals surface area contributed by atoms with Crippen molar-refractivity contribution in [3.05, 3.63) is 23.3 Å². The highest BCUT2D eigenvalue weighted by molar-refractivity contribution is 7.89. The number of rotatable bonds is 7. The van der Waals surface area contributed by atoms with Gasteiger partial charge in [0.25, 0.3) is 0 Å².